The van der Waals surface area contributed by atoms with Gasteiger partial charge in [0, 0.05) is 11.8 Å². The second kappa shape index (κ2) is 8.80. The third kappa shape index (κ3) is 4.38. The van der Waals surface area contributed by atoms with Crippen molar-refractivity contribution in [1.82, 2.24) is 10.3 Å². The van der Waals surface area contributed by atoms with E-state index in [2.05, 4.69) is 10.3 Å². The molecule has 2 aromatic carbocycles. The molecule has 4 rings (SSSR count). The number of rotatable bonds is 7. The van der Waals surface area contributed by atoms with Gasteiger partial charge in [-0.05, 0) is 36.8 Å². The number of fused-ring (bicyclic) bond motifs is 1. The highest BCUT2D eigenvalue weighted by atomic mass is 32.2. The Balaban J connectivity index is 1.59. The maximum Gasteiger partial charge on any atom is 0.321 e. The molecule has 3 aromatic rings. The van der Waals surface area contributed by atoms with Crippen LogP contribution in [0.3, 0.4) is 0 Å². The van der Waals surface area contributed by atoms with Crippen molar-refractivity contribution in [3.8, 4) is 5.75 Å². The topological polar surface area (TPSA) is 115 Å². The van der Waals surface area contributed by atoms with Crippen LogP contribution in [0.15, 0.2) is 45.6 Å². The van der Waals surface area contributed by atoms with Crippen molar-refractivity contribution < 1.29 is 19.6 Å². The van der Waals surface area contributed by atoms with Crippen molar-refractivity contribution >= 4 is 56.7 Å². The Labute approximate surface area is 184 Å². The average Bonchev–Trinajstić information content (AvgIpc) is 3.35. The molecule has 0 bridgehead atoms. The first-order valence-corrected chi connectivity index (χ1v) is 11.7. The van der Waals surface area contributed by atoms with Crippen LogP contribution in [0, 0.1) is 10.1 Å². The van der Waals surface area contributed by atoms with Gasteiger partial charge in [-0.15, -0.1) is 23.1 Å². The van der Waals surface area contributed by atoms with E-state index in [1.807, 2.05) is 25.1 Å². The number of carboxylic acids is 1. The highest BCUT2D eigenvalue weighted by Crippen LogP contribution is 2.42. The summed E-state index contributed by atoms with van der Waals surface area (Å²) in [7, 11) is 0. The number of hydrogen-bond acceptors (Lipinski definition) is 9. The highest BCUT2D eigenvalue weighted by Gasteiger charge is 2.31. The lowest BCUT2D eigenvalue weighted by Crippen LogP contribution is -2.33. The summed E-state index contributed by atoms with van der Waals surface area (Å²) < 4.78 is 7.17. The zero-order valence-corrected chi connectivity index (χ0v) is 18.2. The number of aromatic nitrogens is 1. The van der Waals surface area contributed by atoms with Gasteiger partial charge in [0.2, 0.25) is 0 Å². The first kappa shape index (κ1) is 20.9. The lowest BCUT2D eigenvalue weighted by Gasteiger charge is -2.12. The predicted octanol–water partition coefficient (Wildman–Crippen LogP) is 4.54. The van der Waals surface area contributed by atoms with E-state index in [0.29, 0.717) is 27.2 Å². The second-order valence-corrected chi connectivity index (χ2v) is 9.86. The molecule has 1 aromatic heterocycles. The zero-order valence-electron chi connectivity index (χ0n) is 15.7. The van der Waals surface area contributed by atoms with Crippen LogP contribution in [-0.4, -0.2) is 39.4 Å². The SMILES string of the molecule is CCOc1ccc2nc(Sc3ccc([C@@H]4N[C@H](C(=O)O)CS4)cc3[N+](=O)[O-])sc2c1. The van der Waals surface area contributed by atoms with E-state index in [4.69, 9.17) is 9.84 Å². The summed E-state index contributed by atoms with van der Waals surface area (Å²) in [6.45, 7) is 2.49. The summed E-state index contributed by atoms with van der Waals surface area (Å²) in [6, 6.07) is 10.0. The van der Waals surface area contributed by atoms with Crippen molar-refractivity contribution in [2.24, 2.45) is 0 Å². The number of nitro benzene ring substituents is 1. The van der Waals surface area contributed by atoms with E-state index in [-0.39, 0.29) is 11.1 Å². The molecule has 1 fully saturated rings. The summed E-state index contributed by atoms with van der Waals surface area (Å²) in [5.41, 5.74) is 1.48. The third-order valence-corrected chi connectivity index (χ3v) is 7.82. The molecule has 0 aliphatic carbocycles. The third-order valence-electron chi connectivity index (χ3n) is 4.41. The quantitative estimate of drug-likeness (QED) is 0.385. The fourth-order valence-corrected chi connectivity index (χ4v) is 6.37. The summed E-state index contributed by atoms with van der Waals surface area (Å²) >= 11 is 4.13. The predicted molar refractivity (Wildman–Crippen MR) is 118 cm³/mol. The molecule has 156 valence electrons. The first-order chi connectivity index (χ1) is 14.4. The van der Waals surface area contributed by atoms with E-state index >= 15 is 0 Å². The highest BCUT2D eigenvalue weighted by molar-refractivity contribution is 8.01. The Kier molecular flexibility index (Phi) is 6.14. The molecule has 2 heterocycles. The number of nitrogens with zero attached hydrogens (tertiary/aromatic N) is 2. The number of carboxylic acid groups (broad SMARTS) is 1. The van der Waals surface area contributed by atoms with Crippen molar-refractivity contribution in [2.75, 3.05) is 12.4 Å². The van der Waals surface area contributed by atoms with Gasteiger partial charge in [0.15, 0.2) is 4.34 Å². The number of thiazole rings is 1. The first-order valence-electron chi connectivity index (χ1n) is 9.04. The molecule has 2 atom stereocenters. The molecule has 1 saturated heterocycles. The van der Waals surface area contributed by atoms with E-state index in [9.17, 15) is 14.9 Å². The van der Waals surface area contributed by atoms with Crippen LogP contribution in [0.1, 0.15) is 17.9 Å². The van der Waals surface area contributed by atoms with Gasteiger partial charge >= 0.3 is 5.97 Å². The van der Waals surface area contributed by atoms with Crippen LogP contribution in [0.2, 0.25) is 0 Å². The average molecular weight is 464 g/mol. The Morgan fingerprint density at radius 1 is 1.40 bits per heavy atom. The number of nitrogens with one attached hydrogen (secondary N) is 1. The lowest BCUT2D eigenvalue weighted by atomic mass is 10.2. The molecule has 1 aliphatic heterocycles. The van der Waals surface area contributed by atoms with E-state index < -0.39 is 16.9 Å². The Morgan fingerprint density at radius 2 is 2.23 bits per heavy atom. The largest absolute Gasteiger partial charge is 0.494 e. The van der Waals surface area contributed by atoms with Crippen LogP contribution < -0.4 is 10.1 Å². The van der Waals surface area contributed by atoms with Gasteiger partial charge in [0.05, 0.1) is 32.0 Å². The molecule has 0 amide bonds. The summed E-state index contributed by atoms with van der Waals surface area (Å²) in [5.74, 6) is 0.261. The van der Waals surface area contributed by atoms with Gasteiger partial charge < -0.3 is 9.84 Å². The van der Waals surface area contributed by atoms with Crippen LogP contribution in [0.4, 0.5) is 5.69 Å². The molecule has 0 radical (unpaired) electrons. The van der Waals surface area contributed by atoms with Crippen LogP contribution in [-0.2, 0) is 4.79 Å². The summed E-state index contributed by atoms with van der Waals surface area (Å²) in [5, 5.41) is 23.5. The van der Waals surface area contributed by atoms with E-state index in [1.165, 1.54) is 40.9 Å². The zero-order chi connectivity index (χ0) is 21.3. The number of aliphatic carboxylic acids is 1. The van der Waals surface area contributed by atoms with E-state index in [0.717, 1.165) is 16.0 Å². The van der Waals surface area contributed by atoms with Crippen LogP contribution in [0.5, 0.6) is 5.75 Å². The smallest absolute Gasteiger partial charge is 0.321 e. The number of thioether (sulfide) groups is 1. The standard InChI is InChI=1S/C19H17N3O5S3/c1-2-27-11-4-5-12-16(8-11)30-19(21-12)29-15-6-3-10(7-14(15)22(25)26)17-20-13(9-28-17)18(23)24/h3-8,13,17,20H,2,9H2,1H3,(H,23,24)/t13-,17+/m0/s1. The number of nitro groups is 1. The number of carbonyl (C=O) groups is 1. The van der Waals surface area contributed by atoms with Gasteiger partial charge in [0.25, 0.3) is 5.69 Å². The maximum absolute atomic E-state index is 11.7. The summed E-state index contributed by atoms with van der Waals surface area (Å²) in [6.07, 6.45) is 0. The van der Waals surface area contributed by atoms with Gasteiger partial charge in [-0.3, -0.25) is 20.2 Å². The van der Waals surface area contributed by atoms with Gasteiger partial charge in [-0.25, -0.2) is 4.98 Å². The monoisotopic (exact) mass is 463 g/mol. The number of hydrogen-bond donors (Lipinski definition) is 2. The van der Waals surface area contributed by atoms with E-state index in [1.54, 1.807) is 12.1 Å². The number of ether oxygens (including phenoxy) is 1. The Hall–Kier alpha value is -2.34. The fourth-order valence-electron chi connectivity index (χ4n) is 3.01. The van der Waals surface area contributed by atoms with Crippen molar-refractivity contribution in [3.63, 3.8) is 0 Å². The van der Waals surface area contributed by atoms with Crippen LogP contribution in [0.25, 0.3) is 10.2 Å². The fraction of sp³-hybridized carbons (Fsp3) is 0.263. The molecular formula is C19H17N3O5S3. The molecule has 8 nitrogen and oxygen atoms in total. The molecule has 0 spiro atoms. The van der Waals surface area contributed by atoms with Gasteiger partial charge in [0.1, 0.15) is 11.8 Å². The second-order valence-electron chi connectivity index (χ2n) is 6.40. The van der Waals surface area contributed by atoms with Crippen molar-refractivity contribution in [1.29, 1.82) is 0 Å². The normalized spacial score (nSPS) is 18.6. The van der Waals surface area contributed by atoms with Gasteiger partial charge in [-0.1, -0.05) is 17.8 Å². The Bertz CT molecular complexity index is 1120. The molecule has 0 unspecified atom stereocenters. The van der Waals surface area contributed by atoms with Crippen molar-refractivity contribution in [2.45, 2.75) is 27.6 Å². The summed E-state index contributed by atoms with van der Waals surface area (Å²) in [4.78, 5) is 27.5. The molecular weight excluding hydrogens is 446 g/mol. The van der Waals surface area contributed by atoms with Crippen molar-refractivity contribution in [3.05, 3.63) is 52.1 Å². The minimum atomic E-state index is -0.921. The number of benzene rings is 2. The molecule has 30 heavy (non-hydrogen) atoms. The molecule has 0 saturated carbocycles. The minimum Gasteiger partial charge on any atom is -0.494 e. The lowest BCUT2D eigenvalue weighted by molar-refractivity contribution is -0.387. The van der Waals surface area contributed by atoms with Crippen LogP contribution >= 0.6 is 34.9 Å². The molecule has 1 aliphatic rings. The Morgan fingerprint density at radius 3 is 2.93 bits per heavy atom. The maximum atomic E-state index is 11.7. The van der Waals surface area contributed by atoms with Gasteiger partial charge in [-0.2, -0.15) is 0 Å². The molecule has 11 heteroatoms. The minimum absolute atomic E-state index is 0.0204. The molecule has 2 N–H and O–H groups in total.